The Morgan fingerprint density at radius 2 is 1.76 bits per heavy atom. The number of carbonyl (C=O) groups excluding carboxylic acids is 4. The van der Waals surface area contributed by atoms with E-state index in [1.165, 1.54) is 18.9 Å². The lowest BCUT2D eigenvalue weighted by molar-refractivity contribution is -0.244. The molecule has 0 bridgehead atoms. The van der Waals surface area contributed by atoms with Crippen molar-refractivity contribution in [3.05, 3.63) is 54.6 Å². The molecule has 4 heterocycles. The molecule has 2 aliphatic carbocycles. The third-order valence-electron chi connectivity index (χ3n) is 13.4. The van der Waals surface area contributed by atoms with Crippen molar-refractivity contribution in [2.45, 2.75) is 119 Å². The van der Waals surface area contributed by atoms with E-state index in [4.69, 9.17) is 28.7 Å². The van der Waals surface area contributed by atoms with E-state index in [0.717, 1.165) is 0 Å². The molecular formula is C46H54F3N5O11S. The number of methoxy groups -OCH3 is 1. The highest BCUT2D eigenvalue weighted by molar-refractivity contribution is 7.91. The van der Waals surface area contributed by atoms with Crippen LogP contribution in [0.4, 0.5) is 18.0 Å². The van der Waals surface area contributed by atoms with E-state index in [2.05, 4.69) is 15.4 Å². The van der Waals surface area contributed by atoms with E-state index in [0.29, 0.717) is 105 Å². The molecule has 16 nitrogen and oxygen atoms in total. The summed E-state index contributed by atoms with van der Waals surface area (Å²) in [6.45, 7) is 5.10. The Morgan fingerprint density at radius 3 is 2.47 bits per heavy atom. The van der Waals surface area contributed by atoms with Gasteiger partial charge < -0.3 is 39.2 Å². The van der Waals surface area contributed by atoms with Crippen molar-refractivity contribution >= 4 is 44.6 Å². The zero-order valence-electron chi connectivity index (χ0n) is 37.3. The number of amides is 4. The van der Waals surface area contributed by atoms with Crippen LogP contribution < -0.4 is 34.3 Å². The van der Waals surface area contributed by atoms with Gasteiger partial charge in [0.05, 0.1) is 24.1 Å². The summed E-state index contributed by atoms with van der Waals surface area (Å²) in [7, 11) is -2.58. The molecule has 3 fully saturated rings. The lowest BCUT2D eigenvalue weighted by Gasteiger charge is -2.33. The van der Waals surface area contributed by atoms with Crippen LogP contribution in [0.1, 0.15) is 79.1 Å². The van der Waals surface area contributed by atoms with Crippen LogP contribution in [0.2, 0.25) is 0 Å². The average Bonchev–Trinajstić information content (AvgIpc) is 4.15. The van der Waals surface area contributed by atoms with Crippen LogP contribution in [0, 0.1) is 11.8 Å². The van der Waals surface area contributed by atoms with Crippen molar-refractivity contribution in [3.63, 3.8) is 0 Å². The Bertz CT molecular complexity index is 2570. The molecule has 2 aromatic carbocycles. The summed E-state index contributed by atoms with van der Waals surface area (Å²) >= 11 is 0. The summed E-state index contributed by atoms with van der Waals surface area (Å²) in [5, 5.41) is 6.45. The standard InChI is InChI=1S/C46H54F3N5O11S/c1-26-10-8-6-7-9-11-29-24-45(29,41(57)53-66(59,60)44(4)16-17-44)52-38(55)34-23-31(25-54(34)40(56)37(26)51-42(58)65-43(2,3)46(47,48)49)64-39-32-14-13-30(61-5)20-28(32)21-33(50-39)27-12-15-35-36(22-27)63-19-18-62-35/h9,11-15,20-22,26,29,31,34,37H,6-8,10,16-19,23-25H2,1-5H3,(H,51,58)(H,52,55)(H,53,57)/b11-9-/t26-,29-,31-,34+,37+,45-/m1/s1. The van der Waals surface area contributed by atoms with Crippen LogP contribution in [0.5, 0.6) is 23.1 Å². The molecule has 2 saturated carbocycles. The molecule has 66 heavy (non-hydrogen) atoms. The first-order valence-electron chi connectivity index (χ1n) is 22.1. The third kappa shape index (κ3) is 9.29. The number of aromatic nitrogens is 1. The van der Waals surface area contributed by atoms with Gasteiger partial charge in [-0.1, -0.05) is 25.5 Å². The van der Waals surface area contributed by atoms with Gasteiger partial charge in [0, 0.05) is 23.3 Å². The average molecular weight is 942 g/mol. The number of ether oxygens (including phenoxy) is 5. The van der Waals surface area contributed by atoms with Gasteiger partial charge in [-0.3, -0.25) is 19.1 Å². The predicted molar refractivity (Wildman–Crippen MR) is 233 cm³/mol. The molecule has 5 aliphatic rings. The van der Waals surface area contributed by atoms with Crippen LogP contribution in [0.3, 0.4) is 0 Å². The van der Waals surface area contributed by atoms with Crippen molar-refractivity contribution in [1.29, 1.82) is 0 Å². The topological polar surface area (TPSA) is 201 Å². The number of rotatable bonds is 9. The molecular weight excluding hydrogens is 888 g/mol. The third-order valence-corrected chi connectivity index (χ3v) is 15.5. The van der Waals surface area contributed by atoms with Crippen molar-refractivity contribution < 1.29 is 64.5 Å². The highest BCUT2D eigenvalue weighted by Crippen LogP contribution is 2.48. The van der Waals surface area contributed by atoms with E-state index in [1.54, 1.807) is 43.3 Å². The number of fused-ring (bicyclic) bond motifs is 4. The van der Waals surface area contributed by atoms with Crippen molar-refractivity contribution in [2.75, 3.05) is 26.9 Å². The van der Waals surface area contributed by atoms with Gasteiger partial charge in [-0.25, -0.2) is 18.2 Å². The predicted octanol–water partition coefficient (Wildman–Crippen LogP) is 6.11. The van der Waals surface area contributed by atoms with Gasteiger partial charge in [0.25, 0.3) is 5.91 Å². The minimum Gasteiger partial charge on any atom is -0.497 e. The molecule has 0 unspecified atom stereocenters. The van der Waals surface area contributed by atoms with Crippen molar-refractivity contribution in [1.82, 2.24) is 25.2 Å². The molecule has 0 radical (unpaired) electrons. The maximum Gasteiger partial charge on any atom is 0.427 e. The number of halogens is 3. The number of nitrogens with zero attached hydrogens (tertiary/aromatic N) is 2. The normalized spacial score (nSPS) is 26.9. The zero-order chi connectivity index (χ0) is 47.4. The molecule has 3 N–H and O–H groups in total. The smallest absolute Gasteiger partial charge is 0.427 e. The monoisotopic (exact) mass is 941 g/mol. The van der Waals surface area contributed by atoms with Crippen LogP contribution >= 0.6 is 0 Å². The molecule has 1 aromatic heterocycles. The van der Waals surface area contributed by atoms with Gasteiger partial charge in [0.2, 0.25) is 33.3 Å². The number of carbonyl (C=O) groups is 4. The Kier molecular flexibility index (Phi) is 12.4. The summed E-state index contributed by atoms with van der Waals surface area (Å²) in [4.78, 5) is 63.1. The summed E-state index contributed by atoms with van der Waals surface area (Å²) in [6, 6.07) is 9.67. The molecule has 20 heteroatoms. The Labute approximate surface area is 380 Å². The minimum absolute atomic E-state index is 0.0853. The highest BCUT2D eigenvalue weighted by Gasteiger charge is 2.63. The SMILES string of the molecule is COc1ccc2c(O[C@@H]3C[C@H]4C(=O)N[C@]5(C(=O)NS(=O)(=O)C6(C)CC6)C[C@H]5/C=C\CCCC[C@@H](C)[C@H](NC(=O)OC(C)(C)C(F)(F)F)C(=O)N4C3)nc(-c3ccc4c(c3)OCCO4)cc2c1. The Balaban J connectivity index is 1.15. The van der Waals surface area contributed by atoms with Gasteiger partial charge in [-0.15, -0.1) is 0 Å². The number of hydrogen-bond donors (Lipinski definition) is 3. The zero-order valence-corrected chi connectivity index (χ0v) is 38.1. The van der Waals surface area contributed by atoms with E-state index in [1.807, 2.05) is 18.2 Å². The van der Waals surface area contributed by atoms with Crippen molar-refractivity contribution in [3.8, 4) is 34.4 Å². The van der Waals surface area contributed by atoms with Crippen LogP contribution in [0.25, 0.3) is 22.0 Å². The fourth-order valence-electron chi connectivity index (χ4n) is 8.60. The quantitative estimate of drug-likeness (QED) is 0.209. The maximum absolute atomic E-state index is 14.9. The number of allylic oxidation sites excluding steroid dienone is 1. The second-order valence-electron chi connectivity index (χ2n) is 18.6. The summed E-state index contributed by atoms with van der Waals surface area (Å²) < 4.78 is 97.7. The molecule has 8 rings (SSSR count). The number of alkyl carbamates (subject to hydrolysis) is 1. The van der Waals surface area contributed by atoms with E-state index in [-0.39, 0.29) is 25.3 Å². The van der Waals surface area contributed by atoms with Gasteiger partial charge in [-0.2, -0.15) is 13.2 Å². The van der Waals surface area contributed by atoms with Gasteiger partial charge in [0.15, 0.2) is 11.5 Å². The molecule has 356 valence electrons. The van der Waals surface area contributed by atoms with E-state index in [9.17, 15) is 40.8 Å². The van der Waals surface area contributed by atoms with E-state index >= 15 is 0 Å². The summed E-state index contributed by atoms with van der Waals surface area (Å²) in [5.41, 5.74) is -3.43. The second-order valence-corrected chi connectivity index (χ2v) is 20.8. The molecule has 3 aromatic rings. The van der Waals surface area contributed by atoms with Gasteiger partial charge in [-0.05, 0) is 113 Å². The number of alkyl halides is 3. The summed E-state index contributed by atoms with van der Waals surface area (Å²) in [5.74, 6) is -1.93. The van der Waals surface area contributed by atoms with Crippen molar-refractivity contribution in [2.24, 2.45) is 11.8 Å². The molecule has 1 saturated heterocycles. The largest absolute Gasteiger partial charge is 0.497 e. The first-order valence-corrected chi connectivity index (χ1v) is 23.6. The summed E-state index contributed by atoms with van der Waals surface area (Å²) in [6.07, 6.45) is -1.03. The van der Waals surface area contributed by atoms with E-state index < -0.39 is 85.9 Å². The first kappa shape index (κ1) is 46.7. The number of nitrogens with one attached hydrogen (secondary N) is 3. The molecule has 0 spiro atoms. The first-order chi connectivity index (χ1) is 31.1. The lowest BCUT2D eigenvalue weighted by Crippen LogP contribution is -2.59. The number of hydrogen-bond acceptors (Lipinski definition) is 12. The maximum atomic E-state index is 14.9. The molecule has 4 amide bonds. The van der Waals surface area contributed by atoms with Crippen LogP contribution in [0.15, 0.2) is 54.6 Å². The van der Waals surface area contributed by atoms with Gasteiger partial charge in [0.1, 0.15) is 42.7 Å². The fraction of sp³-hybridized carbons (Fsp3) is 0.543. The minimum atomic E-state index is -4.93. The number of pyridine rings is 1. The lowest BCUT2D eigenvalue weighted by atomic mass is 9.93. The van der Waals surface area contributed by atoms with Crippen LogP contribution in [-0.4, -0.2) is 109 Å². The Hall–Kier alpha value is -5.79. The number of sulfonamides is 1. The molecule has 6 atom stereocenters. The second kappa shape index (κ2) is 17.5. The number of benzene rings is 2. The molecule has 3 aliphatic heterocycles. The Morgan fingerprint density at radius 1 is 1.02 bits per heavy atom. The van der Waals surface area contributed by atoms with Crippen LogP contribution in [-0.2, 0) is 29.1 Å². The van der Waals surface area contributed by atoms with Gasteiger partial charge >= 0.3 is 12.3 Å². The fourth-order valence-corrected chi connectivity index (χ4v) is 9.91. The highest BCUT2D eigenvalue weighted by atomic mass is 32.2.